The Labute approximate surface area is 249 Å². The highest BCUT2D eigenvalue weighted by molar-refractivity contribution is 7.10. The number of carbonyl (C=O) groups excluding carboxylic acids is 1. The molecule has 1 saturated heterocycles. The summed E-state index contributed by atoms with van der Waals surface area (Å²) in [5, 5.41) is 16.5. The van der Waals surface area contributed by atoms with Gasteiger partial charge in [-0.25, -0.2) is 4.99 Å². The SMILES string of the molecule is CC1=C(C(=O)Nc2ccccc2)[C@H](c2cccs2)n2c(s/c(=C/c3cc([N+](=O)[O-])ccc3N3CCC(C)CC3)c2=O)=N1. The lowest BCUT2D eigenvalue weighted by molar-refractivity contribution is -0.384. The van der Waals surface area contributed by atoms with E-state index in [1.807, 2.05) is 47.8 Å². The van der Waals surface area contributed by atoms with Crippen LogP contribution in [0, 0.1) is 16.0 Å². The molecule has 1 N–H and O–H groups in total. The first-order chi connectivity index (χ1) is 20.3. The first kappa shape index (κ1) is 27.8. The van der Waals surface area contributed by atoms with Gasteiger partial charge in [-0.3, -0.25) is 24.3 Å². The second-order valence-corrected chi connectivity index (χ2v) is 12.6. The van der Waals surface area contributed by atoms with E-state index in [1.165, 1.54) is 34.8 Å². The molecule has 2 aromatic carbocycles. The van der Waals surface area contributed by atoms with Crippen molar-refractivity contribution in [2.24, 2.45) is 10.9 Å². The average Bonchev–Trinajstić information content (AvgIpc) is 3.62. The van der Waals surface area contributed by atoms with E-state index < -0.39 is 11.0 Å². The summed E-state index contributed by atoms with van der Waals surface area (Å²) < 4.78 is 1.98. The Balaban J connectivity index is 1.48. The van der Waals surface area contributed by atoms with Gasteiger partial charge in [-0.2, -0.15) is 0 Å². The number of piperidine rings is 1. The molecule has 0 aliphatic carbocycles. The van der Waals surface area contributed by atoms with Crippen molar-refractivity contribution in [3.05, 3.63) is 118 Å². The van der Waals surface area contributed by atoms with Crippen LogP contribution >= 0.6 is 22.7 Å². The molecule has 11 heteroatoms. The zero-order chi connectivity index (χ0) is 29.4. The van der Waals surface area contributed by atoms with Crippen LogP contribution in [0.15, 0.2) is 87.1 Å². The van der Waals surface area contributed by atoms with Crippen LogP contribution in [0.2, 0.25) is 0 Å². The monoisotopic (exact) mass is 599 g/mol. The lowest BCUT2D eigenvalue weighted by Gasteiger charge is -2.33. The van der Waals surface area contributed by atoms with E-state index in [0.717, 1.165) is 36.5 Å². The molecule has 9 nitrogen and oxygen atoms in total. The number of anilines is 2. The van der Waals surface area contributed by atoms with Gasteiger partial charge in [0.2, 0.25) is 0 Å². The minimum Gasteiger partial charge on any atom is -0.371 e. The number of allylic oxidation sites excluding steroid dienone is 1. The standard InChI is InChI=1S/C31H29N5O4S2/c1-19-12-14-34(15-13-19)24-11-10-23(36(39)40)17-21(24)18-26-30(38)35-28(25-9-6-16-41-25)27(20(2)32-31(35)42-26)29(37)33-22-7-4-3-5-8-22/h3-11,16-19,28H,12-15H2,1-2H3,(H,33,37)/b26-18+/t28-/m0/s1. The van der Waals surface area contributed by atoms with E-state index in [0.29, 0.717) is 37.8 Å². The molecule has 2 aliphatic heterocycles. The van der Waals surface area contributed by atoms with Crippen molar-refractivity contribution in [3.63, 3.8) is 0 Å². The topological polar surface area (TPSA) is 110 Å². The number of nitrogens with one attached hydrogen (secondary N) is 1. The van der Waals surface area contributed by atoms with Crippen molar-refractivity contribution in [1.29, 1.82) is 0 Å². The van der Waals surface area contributed by atoms with Crippen molar-refractivity contribution < 1.29 is 9.72 Å². The Bertz CT molecular complexity index is 1870. The summed E-state index contributed by atoms with van der Waals surface area (Å²) in [4.78, 5) is 47.2. The molecule has 1 fully saturated rings. The van der Waals surface area contributed by atoms with E-state index in [1.54, 1.807) is 23.6 Å². The molecule has 4 heterocycles. The maximum Gasteiger partial charge on any atom is 0.271 e. The number of benzene rings is 2. The largest absolute Gasteiger partial charge is 0.371 e. The van der Waals surface area contributed by atoms with Crippen LogP contribution in [0.4, 0.5) is 17.1 Å². The molecule has 0 spiro atoms. The van der Waals surface area contributed by atoms with Crippen molar-refractivity contribution in [2.75, 3.05) is 23.3 Å². The Morgan fingerprint density at radius 2 is 1.88 bits per heavy atom. The Kier molecular flexibility index (Phi) is 7.61. The smallest absolute Gasteiger partial charge is 0.271 e. The zero-order valence-electron chi connectivity index (χ0n) is 23.1. The van der Waals surface area contributed by atoms with Crippen molar-refractivity contribution in [1.82, 2.24) is 4.57 Å². The molecule has 0 radical (unpaired) electrons. The molecule has 2 aliphatic rings. The Morgan fingerprint density at radius 1 is 1.12 bits per heavy atom. The molecular weight excluding hydrogens is 571 g/mol. The summed E-state index contributed by atoms with van der Waals surface area (Å²) in [7, 11) is 0. The number of fused-ring (bicyclic) bond motifs is 1. The fourth-order valence-electron chi connectivity index (χ4n) is 5.50. The molecule has 4 aromatic rings. The first-order valence-corrected chi connectivity index (χ1v) is 15.5. The number of thiophene rings is 1. The van der Waals surface area contributed by atoms with Gasteiger partial charge >= 0.3 is 0 Å². The predicted molar refractivity (Wildman–Crippen MR) is 167 cm³/mol. The number of nitro groups is 1. The number of aromatic nitrogens is 1. The quantitative estimate of drug-likeness (QED) is 0.246. The number of rotatable bonds is 6. The maximum atomic E-state index is 14.1. The Hall–Kier alpha value is -4.35. The van der Waals surface area contributed by atoms with Crippen LogP contribution < -0.4 is 25.1 Å². The van der Waals surface area contributed by atoms with E-state index in [-0.39, 0.29) is 17.2 Å². The van der Waals surface area contributed by atoms with Gasteiger partial charge in [0.05, 0.1) is 20.7 Å². The van der Waals surface area contributed by atoms with E-state index in [4.69, 9.17) is 4.99 Å². The summed E-state index contributed by atoms with van der Waals surface area (Å²) in [6.45, 7) is 5.71. The fraction of sp³-hybridized carbons (Fsp3) is 0.258. The highest BCUT2D eigenvalue weighted by Gasteiger charge is 2.33. The van der Waals surface area contributed by atoms with Gasteiger partial charge in [-0.15, -0.1) is 11.3 Å². The maximum absolute atomic E-state index is 14.1. The van der Waals surface area contributed by atoms with Gasteiger partial charge in [0, 0.05) is 47.0 Å². The summed E-state index contributed by atoms with van der Waals surface area (Å²) in [5.74, 6) is 0.302. The number of nitro benzene ring substituents is 1. The van der Waals surface area contributed by atoms with E-state index in [9.17, 15) is 19.7 Å². The first-order valence-electron chi connectivity index (χ1n) is 13.8. The van der Waals surface area contributed by atoms with Gasteiger partial charge in [0.25, 0.3) is 17.2 Å². The van der Waals surface area contributed by atoms with Crippen molar-refractivity contribution in [2.45, 2.75) is 32.7 Å². The third-order valence-corrected chi connectivity index (χ3v) is 9.65. The predicted octanol–water partition coefficient (Wildman–Crippen LogP) is 5.08. The van der Waals surface area contributed by atoms with Crippen LogP contribution in [0.3, 0.4) is 0 Å². The van der Waals surface area contributed by atoms with Crippen LogP contribution in [0.25, 0.3) is 6.08 Å². The molecule has 42 heavy (non-hydrogen) atoms. The highest BCUT2D eigenvalue weighted by Crippen LogP contribution is 2.34. The molecule has 1 atom stereocenters. The number of amides is 1. The zero-order valence-corrected chi connectivity index (χ0v) is 24.8. The van der Waals surface area contributed by atoms with Gasteiger partial charge in [-0.05, 0) is 61.4 Å². The molecule has 0 unspecified atom stereocenters. The third-order valence-electron chi connectivity index (χ3n) is 7.74. The minimum atomic E-state index is -0.653. The van der Waals surface area contributed by atoms with Crippen LogP contribution in [0.1, 0.15) is 43.2 Å². The molecule has 214 valence electrons. The second kappa shape index (κ2) is 11.5. The number of non-ortho nitro benzene ring substituents is 1. The van der Waals surface area contributed by atoms with E-state index in [2.05, 4.69) is 17.1 Å². The van der Waals surface area contributed by atoms with Crippen LogP contribution in [0.5, 0.6) is 0 Å². The van der Waals surface area contributed by atoms with Gasteiger partial charge in [0.1, 0.15) is 6.04 Å². The molecule has 6 rings (SSSR count). The van der Waals surface area contributed by atoms with Crippen LogP contribution in [-0.4, -0.2) is 28.5 Å². The highest BCUT2D eigenvalue weighted by atomic mass is 32.1. The third kappa shape index (κ3) is 5.33. The second-order valence-electron chi connectivity index (χ2n) is 10.6. The normalized spacial score (nSPS) is 17.6. The van der Waals surface area contributed by atoms with Crippen molar-refractivity contribution >= 4 is 51.7 Å². The Morgan fingerprint density at radius 3 is 2.57 bits per heavy atom. The number of carbonyl (C=O) groups is 1. The summed E-state index contributed by atoms with van der Waals surface area (Å²) >= 11 is 2.70. The fourth-order valence-corrected chi connectivity index (χ4v) is 7.36. The van der Waals surface area contributed by atoms with Crippen LogP contribution in [-0.2, 0) is 4.79 Å². The lowest BCUT2D eigenvalue weighted by Crippen LogP contribution is -2.40. The molecule has 0 saturated carbocycles. The summed E-state index contributed by atoms with van der Waals surface area (Å²) in [6.07, 6.45) is 3.80. The lowest BCUT2D eigenvalue weighted by atomic mass is 9.98. The summed E-state index contributed by atoms with van der Waals surface area (Å²) in [5.41, 5.74) is 2.75. The number of thiazole rings is 1. The van der Waals surface area contributed by atoms with Gasteiger partial charge in [-0.1, -0.05) is 42.5 Å². The minimum absolute atomic E-state index is 0.0321. The van der Waals surface area contributed by atoms with Crippen molar-refractivity contribution in [3.8, 4) is 0 Å². The van der Waals surface area contributed by atoms with E-state index >= 15 is 0 Å². The summed E-state index contributed by atoms with van der Waals surface area (Å²) in [6, 6.07) is 17.2. The number of hydrogen-bond donors (Lipinski definition) is 1. The molecule has 1 amide bonds. The number of nitrogens with zero attached hydrogens (tertiary/aromatic N) is 4. The number of para-hydroxylation sites is 1. The molecule has 0 bridgehead atoms. The van der Waals surface area contributed by atoms with Gasteiger partial charge < -0.3 is 10.2 Å². The van der Waals surface area contributed by atoms with Gasteiger partial charge in [0.15, 0.2) is 4.80 Å². The molecular formula is C31H29N5O4S2. The average molecular weight is 600 g/mol. The number of hydrogen-bond acceptors (Lipinski definition) is 8. The molecule has 2 aromatic heterocycles.